The van der Waals surface area contributed by atoms with Gasteiger partial charge in [0.2, 0.25) is 22.8 Å². The summed E-state index contributed by atoms with van der Waals surface area (Å²) in [4.78, 5) is 0. The van der Waals surface area contributed by atoms with E-state index in [1.807, 2.05) is 0 Å². The third-order valence-electron chi connectivity index (χ3n) is 41.7. The van der Waals surface area contributed by atoms with Gasteiger partial charge in [0.1, 0.15) is 28.2 Å². The smallest absolute Gasteiger partial charge is 0.201 e. The van der Waals surface area contributed by atoms with Crippen molar-refractivity contribution < 1.29 is 18.3 Å². The summed E-state index contributed by atoms with van der Waals surface area (Å²) in [5.41, 5.74) is 63.3. The molecule has 0 radical (unpaired) electrons. The van der Waals surface area contributed by atoms with Crippen LogP contribution in [0.1, 0.15) is 418 Å². The first-order chi connectivity index (χ1) is 68.6. The van der Waals surface area contributed by atoms with E-state index in [2.05, 4.69) is 355 Å². The van der Waals surface area contributed by atoms with E-state index >= 15 is 0 Å². The minimum Gasteiger partial charge on any atom is -0.201 e. The van der Waals surface area contributed by atoms with Crippen molar-refractivity contribution in [3.63, 3.8) is 0 Å². The summed E-state index contributed by atoms with van der Waals surface area (Å²) in [7, 11) is 8.99. The molecule has 0 unspecified atom stereocenters. The van der Waals surface area contributed by atoms with Gasteiger partial charge in [-0.1, -0.05) is 188 Å². The summed E-state index contributed by atoms with van der Waals surface area (Å²) < 4.78 is 9.57. The molecule has 8 fully saturated rings. The van der Waals surface area contributed by atoms with Crippen molar-refractivity contribution in [2.75, 3.05) is 0 Å². The van der Waals surface area contributed by atoms with E-state index in [4.69, 9.17) is 0 Å². The second-order valence-electron chi connectivity index (χ2n) is 53.8. The van der Waals surface area contributed by atoms with Crippen molar-refractivity contribution in [2.45, 2.75) is 393 Å². The van der Waals surface area contributed by atoms with Gasteiger partial charge in [0.25, 0.3) is 0 Å². The van der Waals surface area contributed by atoms with Gasteiger partial charge in [0.05, 0.1) is 22.3 Å². The maximum atomic E-state index is 2.58. The Hall–Kier alpha value is -9.64. The number of aryl methyl sites for hydroxylation is 16. The van der Waals surface area contributed by atoms with Crippen LogP contribution in [-0.4, -0.2) is 0 Å². The third-order valence-corrected chi connectivity index (χ3v) is 41.7. The number of nitrogens with zero attached hydrogens (tertiary/aromatic N) is 4. The van der Waals surface area contributed by atoms with Gasteiger partial charge < -0.3 is 0 Å². The Morgan fingerprint density at radius 2 is 0.472 bits per heavy atom. The molecule has 0 atom stereocenters. The molecule has 12 aliphatic rings. The molecule has 0 amide bonds. The maximum Gasteiger partial charge on any atom is 0.213 e. The average Bonchev–Trinajstić information content (AvgIpc) is 1.74. The fourth-order valence-electron chi connectivity index (χ4n) is 31.6. The monoisotopic (exact) mass is 1910 g/mol. The first-order valence-corrected chi connectivity index (χ1v) is 57.5. The quantitative estimate of drug-likeness (QED) is 0.135. The number of hydrogen-bond acceptors (Lipinski definition) is 0. The highest BCUT2D eigenvalue weighted by Gasteiger charge is 2.48. The minimum atomic E-state index is 0.563. The van der Waals surface area contributed by atoms with Crippen molar-refractivity contribution in [1.29, 1.82) is 0 Å². The second-order valence-corrected chi connectivity index (χ2v) is 53.8. The van der Waals surface area contributed by atoms with Crippen molar-refractivity contribution in [3.8, 4) is 89.5 Å². The molecule has 0 N–H and O–H groups in total. The first kappa shape index (κ1) is 100. The van der Waals surface area contributed by atoms with Crippen LogP contribution in [0.4, 0.5) is 0 Å². The molecule has 0 aliphatic heterocycles. The predicted molar refractivity (Wildman–Crippen MR) is 606 cm³/mol. The normalized spacial score (nSPS) is 20.4. The Kier molecular flexibility index (Phi) is 26.8. The highest BCUT2D eigenvalue weighted by atomic mass is 14.9. The zero-order chi connectivity index (χ0) is 101. The van der Waals surface area contributed by atoms with Gasteiger partial charge in [-0.05, 0) is 526 Å². The predicted octanol–water partition coefficient (Wildman–Crippen LogP) is 35.7. The molecule has 4 aromatic heterocycles. The van der Waals surface area contributed by atoms with Crippen molar-refractivity contribution in [3.05, 3.63) is 304 Å². The van der Waals surface area contributed by atoms with E-state index in [-0.39, 0.29) is 0 Å². The molecule has 8 saturated carbocycles. The van der Waals surface area contributed by atoms with E-state index < -0.39 is 0 Å². The summed E-state index contributed by atoms with van der Waals surface area (Å²) in [6, 6.07) is 56.8. The van der Waals surface area contributed by atoms with E-state index in [9.17, 15) is 0 Å². The highest BCUT2D eigenvalue weighted by Crippen LogP contribution is 2.62. The fourth-order valence-corrected chi connectivity index (χ4v) is 31.6. The van der Waals surface area contributed by atoms with Crippen LogP contribution < -0.4 is 18.3 Å². The summed E-state index contributed by atoms with van der Waals surface area (Å²) in [6.45, 7) is 47.3. The number of rotatable bonds is 8. The van der Waals surface area contributed by atoms with Crippen LogP contribution in [0.15, 0.2) is 170 Å². The zero-order valence-corrected chi connectivity index (χ0v) is 93.7. The van der Waals surface area contributed by atoms with Crippen LogP contribution in [0.3, 0.4) is 0 Å². The lowest BCUT2D eigenvalue weighted by molar-refractivity contribution is -0.661. The van der Waals surface area contributed by atoms with Crippen LogP contribution >= 0.6 is 0 Å². The molecule has 4 nitrogen and oxygen atoms in total. The molecule has 4 heteroatoms. The van der Waals surface area contributed by atoms with E-state index in [0.29, 0.717) is 67.0 Å². The summed E-state index contributed by atoms with van der Waals surface area (Å²) in [5, 5.41) is 0. The van der Waals surface area contributed by atoms with Crippen LogP contribution in [0.25, 0.3) is 89.5 Å². The molecular formula is C140H176N4+4. The van der Waals surface area contributed by atoms with E-state index in [0.717, 1.165) is 25.7 Å². The van der Waals surface area contributed by atoms with Gasteiger partial charge in [-0.2, -0.15) is 0 Å². The van der Waals surface area contributed by atoms with Gasteiger partial charge >= 0.3 is 0 Å². The number of pyridine rings is 4. The molecule has 4 heterocycles. The Morgan fingerprint density at radius 3 is 0.840 bits per heavy atom. The van der Waals surface area contributed by atoms with Gasteiger partial charge in [0, 0.05) is 46.5 Å². The molecule has 24 rings (SSSR count). The van der Waals surface area contributed by atoms with Crippen LogP contribution in [0, 0.1) is 126 Å². The Bertz CT molecular complexity index is 6940. The first-order valence-electron chi connectivity index (χ1n) is 57.5. The number of benzene rings is 8. The second kappa shape index (κ2) is 38.5. The summed E-state index contributed by atoms with van der Waals surface area (Å²) >= 11 is 0. The molecule has 8 aromatic carbocycles. The van der Waals surface area contributed by atoms with Crippen LogP contribution in [-0.2, 0) is 53.9 Å². The fraction of sp³-hybridized carbons (Fsp3) is 0.514. The van der Waals surface area contributed by atoms with Gasteiger partial charge in [0.15, 0.2) is 24.8 Å². The molecule has 144 heavy (non-hydrogen) atoms. The average molecular weight is 1910 g/mol. The molecule has 0 bridgehead atoms. The molecule has 752 valence electrons. The largest absolute Gasteiger partial charge is 0.213 e. The molecule has 0 saturated heterocycles. The van der Waals surface area contributed by atoms with Crippen molar-refractivity contribution in [2.24, 2.45) is 71.5 Å². The third kappa shape index (κ3) is 19.3. The summed E-state index contributed by atoms with van der Waals surface area (Å²) in [5.74, 6) is 2.84. The molecule has 12 aliphatic carbocycles. The maximum absolute atomic E-state index is 2.58. The standard InChI is InChI=1S/4C35H44N/c1-23-7-9-28-27(19-23)20-31-29(28)10-8-24(2)33(31)32-21-30(25(3)22-36(32)6)26-11-13-35(14-12-26)17-15-34(4,5)16-18-35;1-23-7-9-27-20-31-28(30(27)19-23)10-8-24(2)33(31)32-21-29(25(3)22-36(32)6)26-11-13-35(14-12-26)17-15-34(4,5)16-18-35;1-23-8-7-9-27-28-11-10-24(2)33(31(28)20-30(23)27)32-21-29(25(3)22-36(32)6)26-12-14-35(15-13-26)18-16-34(4,5)17-19-35;1-23-8-7-9-27-20-30-28(32(23)27)11-10-24(2)33(30)31-21-29(25(3)22-36(31)6)26-12-14-35(15-13-26)18-16-34(4,5)17-19-35/h2*7-10,19,21-22,26H,11-18,20H2,1-6H3;2*7-11,21-22,26H,12-20H2,1-6H3/q4*+1. The van der Waals surface area contributed by atoms with Gasteiger partial charge in [-0.3, -0.25) is 0 Å². The minimum absolute atomic E-state index is 0.563. The lowest BCUT2D eigenvalue weighted by Crippen LogP contribution is -2.35. The number of hydrogen-bond donors (Lipinski definition) is 0. The van der Waals surface area contributed by atoms with Crippen molar-refractivity contribution in [1.82, 2.24) is 0 Å². The number of fused-ring (bicyclic) bond motifs is 12. The van der Waals surface area contributed by atoms with Gasteiger partial charge in [-0.25, -0.2) is 18.3 Å². The zero-order valence-electron chi connectivity index (χ0n) is 93.7. The number of aromatic nitrogens is 4. The molecule has 12 aromatic rings. The lowest BCUT2D eigenvalue weighted by atomic mass is 9.58. The van der Waals surface area contributed by atoms with E-state index in [1.54, 1.807) is 22.3 Å². The Morgan fingerprint density at radius 1 is 0.201 bits per heavy atom. The Balaban J connectivity index is 0.000000113. The van der Waals surface area contributed by atoms with Crippen molar-refractivity contribution >= 4 is 0 Å². The van der Waals surface area contributed by atoms with E-state index in [1.165, 1.54) is 406 Å². The topological polar surface area (TPSA) is 15.5 Å². The van der Waals surface area contributed by atoms with Gasteiger partial charge in [-0.15, -0.1) is 0 Å². The summed E-state index contributed by atoms with van der Waals surface area (Å²) in [6.07, 6.45) is 59.2. The van der Waals surface area contributed by atoms with Crippen LogP contribution in [0.5, 0.6) is 0 Å². The SMILES string of the molecule is Cc1c[n+](C)c(-c2c(C)ccc3c2Cc2c(C)cccc2-3)cc1C1CCC2(CC1)CCC(C)(C)CC2.Cc1c[n+](C)c(-c2c(C)ccc3c2Cc2cccc(C)c2-3)cc1C1CCC2(CC1)CCC(C)(C)CC2.Cc1ccc2c(c1)-c1ccc(C)c(-c3cc(C4CCC5(CC4)CCC(C)(C)CC5)c(C)c[n+]3C)c1C2.Cc1ccc2c(c1)Cc1c-2ccc(C)c1-c1cc(C2CCC3(CC2)CCC(C)(C)CC3)c(C)c[n+]1C. The molecule has 4 spiro atoms. The highest BCUT2D eigenvalue weighted by molar-refractivity contribution is 5.90. The lowest BCUT2D eigenvalue weighted by Gasteiger charge is -2.47. The molecular weight excluding hydrogens is 1740 g/mol. The van der Waals surface area contributed by atoms with Crippen LogP contribution in [0.2, 0.25) is 0 Å². The Labute approximate surface area is 870 Å².